The van der Waals surface area contributed by atoms with E-state index >= 15 is 0 Å². The molecule has 17 heavy (non-hydrogen) atoms. The number of rotatable bonds is 1. The van der Waals surface area contributed by atoms with Crippen LogP contribution in [0.5, 0.6) is 0 Å². The van der Waals surface area contributed by atoms with Gasteiger partial charge in [0.1, 0.15) is 0 Å². The lowest BCUT2D eigenvalue weighted by atomic mass is 10.1. The fourth-order valence-corrected chi connectivity index (χ4v) is 2.37. The monoisotopic (exact) mass is 230 g/mol. The number of nitrogens with zero attached hydrogens (tertiary/aromatic N) is 1. The molecule has 1 amide bonds. The summed E-state index contributed by atoms with van der Waals surface area (Å²) in [5.41, 5.74) is 1.67. The minimum absolute atomic E-state index is 0.00625. The molecule has 0 radical (unpaired) electrons. The molecule has 1 saturated heterocycles. The van der Waals surface area contributed by atoms with Gasteiger partial charge in [0.15, 0.2) is 0 Å². The van der Waals surface area contributed by atoms with Gasteiger partial charge in [-0.3, -0.25) is 4.79 Å². The van der Waals surface area contributed by atoms with Gasteiger partial charge in [-0.05, 0) is 24.6 Å². The number of benzene rings is 1. The number of aromatic nitrogens is 1. The van der Waals surface area contributed by atoms with Gasteiger partial charge >= 0.3 is 0 Å². The third-order valence-corrected chi connectivity index (χ3v) is 3.28. The molecule has 1 aliphatic rings. The number of fused-ring (bicyclic) bond motifs is 1. The highest BCUT2D eigenvalue weighted by molar-refractivity contribution is 6.06. The highest BCUT2D eigenvalue weighted by atomic mass is 16.3. The number of amides is 1. The van der Waals surface area contributed by atoms with Gasteiger partial charge in [0.2, 0.25) is 0 Å². The van der Waals surface area contributed by atoms with Gasteiger partial charge in [0, 0.05) is 35.8 Å². The molecule has 0 spiro atoms. The molecule has 0 aliphatic carbocycles. The molecule has 1 atom stereocenters. The van der Waals surface area contributed by atoms with E-state index in [4.69, 9.17) is 0 Å². The number of H-pyrrole nitrogens is 1. The summed E-state index contributed by atoms with van der Waals surface area (Å²) < 4.78 is 0. The number of β-amino-alcohol motifs (C(OH)–C–C–N with tert-alkyl or cyclic N) is 1. The highest BCUT2D eigenvalue weighted by Gasteiger charge is 2.26. The third kappa shape index (κ3) is 1.70. The average Bonchev–Trinajstić information content (AvgIpc) is 2.95. The number of nitrogens with one attached hydrogen (secondary N) is 1. The topological polar surface area (TPSA) is 56.3 Å². The van der Waals surface area contributed by atoms with Gasteiger partial charge in [-0.15, -0.1) is 0 Å². The van der Waals surface area contributed by atoms with E-state index in [2.05, 4.69) is 4.98 Å². The van der Waals surface area contributed by atoms with Crippen molar-refractivity contribution in [3.05, 3.63) is 36.0 Å². The SMILES string of the molecule is O=C(c1cccc2[nH]ccc12)N1CCC(O)C1. The number of likely N-dealkylation sites (tertiary alicyclic amines) is 1. The van der Waals surface area contributed by atoms with Crippen LogP contribution in [0, 0.1) is 0 Å². The first-order chi connectivity index (χ1) is 8.25. The van der Waals surface area contributed by atoms with Gasteiger partial charge in [-0.2, -0.15) is 0 Å². The Morgan fingerprint density at radius 2 is 2.29 bits per heavy atom. The Kier molecular flexibility index (Phi) is 2.37. The fourth-order valence-electron chi connectivity index (χ4n) is 2.37. The first-order valence-corrected chi connectivity index (χ1v) is 5.79. The lowest BCUT2D eigenvalue weighted by molar-refractivity contribution is 0.0767. The molecule has 1 unspecified atom stereocenters. The van der Waals surface area contributed by atoms with Crippen molar-refractivity contribution in [2.75, 3.05) is 13.1 Å². The second-order valence-electron chi connectivity index (χ2n) is 4.44. The molecular weight excluding hydrogens is 216 g/mol. The number of hydrogen-bond donors (Lipinski definition) is 2. The Hall–Kier alpha value is -1.81. The zero-order valence-electron chi connectivity index (χ0n) is 9.39. The van der Waals surface area contributed by atoms with Crippen molar-refractivity contribution in [2.24, 2.45) is 0 Å². The lowest BCUT2D eigenvalue weighted by Gasteiger charge is -2.16. The first kappa shape index (κ1) is 10.4. The van der Waals surface area contributed by atoms with E-state index in [1.54, 1.807) is 4.90 Å². The molecular formula is C13H14N2O2. The molecule has 1 aliphatic heterocycles. The summed E-state index contributed by atoms with van der Waals surface area (Å²) in [5.74, 6) is 0.00625. The molecule has 3 rings (SSSR count). The van der Waals surface area contributed by atoms with E-state index in [1.165, 1.54) is 0 Å². The maximum absolute atomic E-state index is 12.3. The zero-order chi connectivity index (χ0) is 11.8. The van der Waals surface area contributed by atoms with Crippen LogP contribution in [0.25, 0.3) is 10.9 Å². The van der Waals surface area contributed by atoms with Crippen molar-refractivity contribution in [2.45, 2.75) is 12.5 Å². The smallest absolute Gasteiger partial charge is 0.254 e. The largest absolute Gasteiger partial charge is 0.391 e. The summed E-state index contributed by atoms with van der Waals surface area (Å²) >= 11 is 0. The van der Waals surface area contributed by atoms with Gasteiger partial charge in [-0.25, -0.2) is 0 Å². The van der Waals surface area contributed by atoms with Crippen LogP contribution < -0.4 is 0 Å². The molecule has 2 N–H and O–H groups in total. The molecule has 1 fully saturated rings. The van der Waals surface area contributed by atoms with Crippen LogP contribution in [0.3, 0.4) is 0 Å². The zero-order valence-corrected chi connectivity index (χ0v) is 9.39. The van der Waals surface area contributed by atoms with Crippen molar-refractivity contribution >= 4 is 16.8 Å². The number of carbonyl (C=O) groups is 1. The Morgan fingerprint density at radius 1 is 1.41 bits per heavy atom. The number of hydrogen-bond acceptors (Lipinski definition) is 2. The van der Waals surface area contributed by atoms with Crippen LogP contribution in [0.1, 0.15) is 16.8 Å². The summed E-state index contributed by atoms with van der Waals surface area (Å²) in [6.45, 7) is 1.08. The summed E-state index contributed by atoms with van der Waals surface area (Å²) in [7, 11) is 0. The van der Waals surface area contributed by atoms with E-state index < -0.39 is 0 Å². The Labute approximate surface area is 98.9 Å². The van der Waals surface area contributed by atoms with Crippen LogP contribution in [-0.4, -0.2) is 40.1 Å². The van der Waals surface area contributed by atoms with Crippen molar-refractivity contribution < 1.29 is 9.90 Å². The maximum Gasteiger partial charge on any atom is 0.254 e. The summed E-state index contributed by atoms with van der Waals surface area (Å²) in [5, 5.41) is 10.4. The quantitative estimate of drug-likeness (QED) is 0.777. The van der Waals surface area contributed by atoms with Crippen LogP contribution >= 0.6 is 0 Å². The van der Waals surface area contributed by atoms with Crippen LogP contribution in [0.2, 0.25) is 0 Å². The van der Waals surface area contributed by atoms with Gasteiger partial charge in [0.25, 0.3) is 5.91 Å². The van der Waals surface area contributed by atoms with Gasteiger partial charge in [-0.1, -0.05) is 6.07 Å². The Balaban J connectivity index is 1.98. The van der Waals surface area contributed by atoms with Crippen LogP contribution in [0.4, 0.5) is 0 Å². The predicted octanol–water partition coefficient (Wildman–Crippen LogP) is 1.37. The van der Waals surface area contributed by atoms with Crippen molar-refractivity contribution in [3.8, 4) is 0 Å². The van der Waals surface area contributed by atoms with E-state index in [-0.39, 0.29) is 12.0 Å². The van der Waals surface area contributed by atoms with Gasteiger partial charge in [0.05, 0.1) is 6.10 Å². The molecule has 1 aromatic heterocycles. The number of aromatic amines is 1. The minimum atomic E-state index is -0.371. The second-order valence-corrected chi connectivity index (χ2v) is 4.44. The van der Waals surface area contributed by atoms with Crippen molar-refractivity contribution in [1.29, 1.82) is 0 Å². The maximum atomic E-state index is 12.3. The third-order valence-electron chi connectivity index (χ3n) is 3.28. The molecule has 88 valence electrons. The van der Waals surface area contributed by atoms with E-state index in [0.29, 0.717) is 25.1 Å². The van der Waals surface area contributed by atoms with Crippen LogP contribution in [0.15, 0.2) is 30.5 Å². The predicted molar refractivity (Wildman–Crippen MR) is 64.8 cm³/mol. The number of aliphatic hydroxyl groups excluding tert-OH is 1. The molecule has 0 bridgehead atoms. The average molecular weight is 230 g/mol. The summed E-state index contributed by atoms with van der Waals surface area (Å²) in [6, 6.07) is 7.57. The normalized spacial score (nSPS) is 20.1. The standard InChI is InChI=1S/C13H14N2O2/c16-9-5-7-15(8-9)13(17)11-2-1-3-12-10(11)4-6-14-12/h1-4,6,9,14,16H,5,7-8H2. The first-order valence-electron chi connectivity index (χ1n) is 5.79. The molecule has 4 nitrogen and oxygen atoms in total. The Bertz CT molecular complexity index is 561. The second kappa shape index (κ2) is 3.89. The summed E-state index contributed by atoms with van der Waals surface area (Å²) in [4.78, 5) is 17.1. The van der Waals surface area contributed by atoms with Crippen molar-refractivity contribution in [1.82, 2.24) is 9.88 Å². The fraction of sp³-hybridized carbons (Fsp3) is 0.308. The summed E-state index contributed by atoms with van der Waals surface area (Å²) in [6.07, 6.45) is 2.14. The number of aliphatic hydroxyl groups is 1. The molecule has 1 aromatic carbocycles. The van der Waals surface area contributed by atoms with E-state index in [0.717, 1.165) is 10.9 Å². The van der Waals surface area contributed by atoms with Crippen molar-refractivity contribution in [3.63, 3.8) is 0 Å². The molecule has 4 heteroatoms. The minimum Gasteiger partial charge on any atom is -0.391 e. The molecule has 2 aromatic rings. The van der Waals surface area contributed by atoms with Crippen LogP contribution in [-0.2, 0) is 0 Å². The number of carbonyl (C=O) groups excluding carboxylic acids is 1. The molecule has 2 heterocycles. The van der Waals surface area contributed by atoms with Gasteiger partial charge < -0.3 is 15.0 Å². The van der Waals surface area contributed by atoms with E-state index in [9.17, 15) is 9.90 Å². The highest BCUT2D eigenvalue weighted by Crippen LogP contribution is 2.21. The van der Waals surface area contributed by atoms with E-state index in [1.807, 2.05) is 30.5 Å². The Morgan fingerprint density at radius 3 is 3.06 bits per heavy atom. The molecule has 0 saturated carbocycles. The lowest BCUT2D eigenvalue weighted by Crippen LogP contribution is -2.29.